The van der Waals surface area contributed by atoms with Crippen LogP contribution < -0.4 is 0 Å². The normalized spacial score (nSPS) is 10.6. The molecular weight excluding hydrogens is 347 g/mol. The van der Waals surface area contributed by atoms with Crippen LogP contribution in [0.3, 0.4) is 0 Å². The number of hydrogen-bond donors (Lipinski definition) is 0. The van der Waals surface area contributed by atoms with Gasteiger partial charge in [-0.05, 0) is 29.6 Å². The van der Waals surface area contributed by atoms with Gasteiger partial charge in [0.15, 0.2) is 6.61 Å². The lowest BCUT2D eigenvalue weighted by molar-refractivity contribution is 0.0430. The van der Waals surface area contributed by atoms with E-state index in [1.165, 1.54) is 23.5 Å². The fraction of sp³-hybridized carbons (Fsp3) is 0.0714. The van der Waals surface area contributed by atoms with Gasteiger partial charge in [0.05, 0.1) is 15.5 Å². The fourth-order valence-electron chi connectivity index (χ4n) is 1.68. The maximum Gasteiger partial charge on any atom is 0.340 e. The Labute approximate surface area is 139 Å². The maximum atomic E-state index is 11.9. The number of ether oxygens (including phenoxy) is 1. The second-order valence-corrected chi connectivity index (χ2v) is 5.98. The van der Waals surface area contributed by atoms with Crippen LogP contribution in [-0.4, -0.2) is 16.1 Å². The largest absolute Gasteiger partial charge is 0.452 e. The molecule has 0 unspecified atom stereocenters. The zero-order valence-corrected chi connectivity index (χ0v) is 13.3. The Balaban J connectivity index is 1.66. The van der Waals surface area contributed by atoms with Crippen LogP contribution >= 0.6 is 34.5 Å². The van der Waals surface area contributed by atoms with Crippen molar-refractivity contribution in [1.82, 2.24) is 10.1 Å². The third kappa shape index (κ3) is 3.30. The smallest absolute Gasteiger partial charge is 0.340 e. The second-order valence-electron chi connectivity index (χ2n) is 4.19. The second kappa shape index (κ2) is 6.48. The predicted molar refractivity (Wildman–Crippen MR) is 83.2 cm³/mol. The average molecular weight is 355 g/mol. The lowest BCUT2D eigenvalue weighted by Gasteiger charge is -2.04. The SMILES string of the molecule is O=C(OCc1nc(-c2cccs2)no1)c1ccc(Cl)cc1Cl. The van der Waals surface area contributed by atoms with Gasteiger partial charge < -0.3 is 9.26 Å². The molecule has 0 spiro atoms. The number of thiophene rings is 1. The first-order valence-electron chi connectivity index (χ1n) is 6.12. The summed E-state index contributed by atoms with van der Waals surface area (Å²) in [6.07, 6.45) is 0. The summed E-state index contributed by atoms with van der Waals surface area (Å²) in [5, 5.41) is 6.41. The van der Waals surface area contributed by atoms with Crippen molar-refractivity contribution >= 4 is 40.5 Å². The van der Waals surface area contributed by atoms with E-state index in [1.807, 2.05) is 17.5 Å². The third-order valence-corrected chi connectivity index (χ3v) is 4.10. The Morgan fingerprint density at radius 1 is 1.32 bits per heavy atom. The fourth-order valence-corrected chi connectivity index (χ4v) is 2.81. The average Bonchev–Trinajstić information content (AvgIpc) is 3.16. The molecule has 3 aromatic rings. The number of rotatable bonds is 4. The van der Waals surface area contributed by atoms with Crippen molar-refractivity contribution in [3.8, 4) is 10.7 Å². The lowest BCUT2D eigenvalue weighted by Crippen LogP contribution is -2.06. The zero-order valence-electron chi connectivity index (χ0n) is 11.0. The number of carbonyl (C=O) groups is 1. The summed E-state index contributed by atoms with van der Waals surface area (Å²) in [7, 11) is 0. The van der Waals surface area contributed by atoms with E-state index in [4.69, 9.17) is 32.5 Å². The molecular formula is C14H8Cl2N2O3S. The molecule has 2 heterocycles. The van der Waals surface area contributed by atoms with Crippen LogP contribution in [0.4, 0.5) is 0 Å². The number of nitrogens with zero attached hydrogens (tertiary/aromatic N) is 2. The molecule has 0 amide bonds. The summed E-state index contributed by atoms with van der Waals surface area (Å²) in [5.74, 6) is 0.0879. The van der Waals surface area contributed by atoms with E-state index in [9.17, 15) is 4.79 Å². The summed E-state index contributed by atoms with van der Waals surface area (Å²) in [4.78, 5) is 17.0. The van der Waals surface area contributed by atoms with Gasteiger partial charge in [0, 0.05) is 5.02 Å². The van der Waals surface area contributed by atoms with Crippen LogP contribution in [0.15, 0.2) is 40.2 Å². The summed E-state index contributed by atoms with van der Waals surface area (Å²) in [6.45, 7) is -0.129. The highest BCUT2D eigenvalue weighted by Crippen LogP contribution is 2.23. The molecule has 112 valence electrons. The van der Waals surface area contributed by atoms with Gasteiger partial charge in [-0.1, -0.05) is 34.4 Å². The first-order valence-corrected chi connectivity index (χ1v) is 7.75. The molecule has 0 atom stereocenters. The molecule has 2 aromatic heterocycles. The lowest BCUT2D eigenvalue weighted by atomic mass is 10.2. The van der Waals surface area contributed by atoms with Gasteiger partial charge >= 0.3 is 5.97 Å². The van der Waals surface area contributed by atoms with E-state index in [0.717, 1.165) is 4.88 Å². The molecule has 0 fully saturated rings. The number of hydrogen-bond acceptors (Lipinski definition) is 6. The standard InChI is InChI=1S/C14H8Cl2N2O3S/c15-8-3-4-9(10(16)6-8)14(19)20-7-12-17-13(18-21-12)11-2-1-5-22-11/h1-6H,7H2. The Morgan fingerprint density at radius 2 is 2.18 bits per heavy atom. The molecule has 0 radical (unpaired) electrons. The Morgan fingerprint density at radius 3 is 2.91 bits per heavy atom. The minimum absolute atomic E-state index is 0.129. The topological polar surface area (TPSA) is 65.2 Å². The van der Waals surface area contributed by atoms with Crippen LogP contribution in [0.5, 0.6) is 0 Å². The predicted octanol–water partition coefficient (Wildman–Crippen LogP) is 4.46. The molecule has 5 nitrogen and oxygen atoms in total. The molecule has 0 aliphatic heterocycles. The van der Waals surface area contributed by atoms with Crippen molar-refractivity contribution in [1.29, 1.82) is 0 Å². The summed E-state index contributed by atoms with van der Waals surface area (Å²) < 4.78 is 10.1. The van der Waals surface area contributed by atoms with Crippen molar-refractivity contribution in [2.75, 3.05) is 0 Å². The molecule has 0 aliphatic carbocycles. The van der Waals surface area contributed by atoms with Crippen molar-refractivity contribution in [3.05, 3.63) is 57.2 Å². The van der Waals surface area contributed by atoms with Crippen LogP contribution in [0.25, 0.3) is 10.7 Å². The van der Waals surface area contributed by atoms with Gasteiger partial charge in [0.25, 0.3) is 5.89 Å². The minimum atomic E-state index is -0.586. The van der Waals surface area contributed by atoms with E-state index in [0.29, 0.717) is 10.8 Å². The van der Waals surface area contributed by atoms with Crippen molar-refractivity contribution < 1.29 is 14.1 Å². The molecule has 0 aliphatic rings. The first-order chi connectivity index (χ1) is 10.6. The number of benzene rings is 1. The first kappa shape index (κ1) is 15.0. The van der Waals surface area contributed by atoms with Crippen LogP contribution in [-0.2, 0) is 11.3 Å². The molecule has 0 bridgehead atoms. The van der Waals surface area contributed by atoms with Crippen LogP contribution in [0, 0.1) is 0 Å². The van der Waals surface area contributed by atoms with Crippen molar-refractivity contribution in [3.63, 3.8) is 0 Å². The monoisotopic (exact) mass is 354 g/mol. The zero-order chi connectivity index (χ0) is 15.5. The molecule has 1 aromatic carbocycles. The molecule has 0 N–H and O–H groups in total. The van der Waals surface area contributed by atoms with Gasteiger partial charge in [-0.15, -0.1) is 11.3 Å². The molecule has 3 rings (SSSR count). The quantitative estimate of drug-likeness (QED) is 0.647. The maximum absolute atomic E-state index is 11.9. The van der Waals surface area contributed by atoms with Crippen molar-refractivity contribution in [2.45, 2.75) is 6.61 Å². The molecule has 0 saturated heterocycles. The molecule has 8 heteroatoms. The summed E-state index contributed by atoms with van der Waals surface area (Å²) in [6, 6.07) is 8.29. The van der Waals surface area contributed by atoms with Gasteiger partial charge in [-0.2, -0.15) is 4.98 Å². The van der Waals surface area contributed by atoms with E-state index in [1.54, 1.807) is 6.07 Å². The summed E-state index contributed by atoms with van der Waals surface area (Å²) >= 11 is 13.2. The number of halogens is 2. The third-order valence-electron chi connectivity index (χ3n) is 2.69. The van der Waals surface area contributed by atoms with Gasteiger partial charge in [-0.25, -0.2) is 4.79 Å². The number of esters is 1. The Kier molecular flexibility index (Phi) is 4.42. The molecule has 22 heavy (non-hydrogen) atoms. The van der Waals surface area contributed by atoms with Crippen molar-refractivity contribution in [2.24, 2.45) is 0 Å². The van der Waals surface area contributed by atoms with Crippen LogP contribution in [0.2, 0.25) is 10.0 Å². The highest BCUT2D eigenvalue weighted by molar-refractivity contribution is 7.13. The van der Waals surface area contributed by atoms with E-state index in [-0.39, 0.29) is 23.1 Å². The van der Waals surface area contributed by atoms with Gasteiger partial charge in [0.2, 0.25) is 5.82 Å². The Bertz CT molecular complexity index is 802. The van der Waals surface area contributed by atoms with Gasteiger partial charge in [0.1, 0.15) is 0 Å². The van der Waals surface area contributed by atoms with E-state index >= 15 is 0 Å². The Hall–Kier alpha value is -1.89. The highest BCUT2D eigenvalue weighted by Gasteiger charge is 2.15. The number of carbonyl (C=O) groups excluding carboxylic acids is 1. The number of aromatic nitrogens is 2. The summed E-state index contributed by atoms with van der Waals surface area (Å²) in [5.41, 5.74) is 0.226. The van der Waals surface area contributed by atoms with E-state index in [2.05, 4.69) is 10.1 Å². The van der Waals surface area contributed by atoms with Gasteiger partial charge in [-0.3, -0.25) is 0 Å². The minimum Gasteiger partial charge on any atom is -0.452 e. The molecule has 0 saturated carbocycles. The van der Waals surface area contributed by atoms with Crippen LogP contribution in [0.1, 0.15) is 16.2 Å². The highest BCUT2D eigenvalue weighted by atomic mass is 35.5. The van der Waals surface area contributed by atoms with E-state index < -0.39 is 5.97 Å².